The summed E-state index contributed by atoms with van der Waals surface area (Å²) in [6, 6.07) is 9.95. The minimum absolute atomic E-state index is 0.179. The lowest BCUT2D eigenvalue weighted by Gasteiger charge is -2.43. The molecule has 2 fully saturated rings. The van der Waals surface area contributed by atoms with Gasteiger partial charge in [0.1, 0.15) is 19.0 Å². The second-order valence-electron chi connectivity index (χ2n) is 8.64. The molecule has 1 aromatic heterocycles. The first kappa shape index (κ1) is 18.6. The number of aromatic nitrogens is 2. The van der Waals surface area contributed by atoms with Gasteiger partial charge >= 0.3 is 6.01 Å². The van der Waals surface area contributed by atoms with Gasteiger partial charge in [0, 0.05) is 6.07 Å². The zero-order chi connectivity index (χ0) is 19.8. The quantitative estimate of drug-likeness (QED) is 0.756. The highest BCUT2D eigenvalue weighted by Crippen LogP contribution is 2.49. The SMILES string of the molecule is O=c1cc(CF)n2c(n1)O[C@H](COc1ccc(C3C4CCCC3CCC4)cc1)C2. The summed E-state index contributed by atoms with van der Waals surface area (Å²) in [5, 5.41) is 0. The van der Waals surface area contributed by atoms with Crippen molar-refractivity contribution in [3.63, 3.8) is 0 Å². The Morgan fingerprint density at radius 1 is 1.10 bits per heavy atom. The van der Waals surface area contributed by atoms with Crippen LogP contribution in [0.25, 0.3) is 0 Å². The second kappa shape index (κ2) is 7.81. The van der Waals surface area contributed by atoms with Crippen molar-refractivity contribution in [2.75, 3.05) is 6.61 Å². The summed E-state index contributed by atoms with van der Waals surface area (Å²) in [5.41, 5.74) is 1.27. The molecule has 5 nitrogen and oxygen atoms in total. The molecule has 1 atom stereocenters. The van der Waals surface area contributed by atoms with Gasteiger partial charge in [-0.3, -0.25) is 9.36 Å². The fourth-order valence-electron chi connectivity index (χ4n) is 5.60. The molecule has 2 aliphatic carbocycles. The molecule has 0 amide bonds. The normalized spacial score (nSPS) is 27.9. The summed E-state index contributed by atoms with van der Waals surface area (Å²) in [7, 11) is 0. The fraction of sp³-hybridized carbons (Fsp3) is 0.565. The zero-order valence-electron chi connectivity index (χ0n) is 16.6. The molecule has 0 unspecified atom stereocenters. The molecule has 6 heteroatoms. The van der Waals surface area contributed by atoms with Crippen molar-refractivity contribution in [3.05, 3.63) is 51.9 Å². The van der Waals surface area contributed by atoms with E-state index in [0.29, 0.717) is 24.8 Å². The van der Waals surface area contributed by atoms with E-state index in [2.05, 4.69) is 29.2 Å². The van der Waals surface area contributed by atoms with Crippen LogP contribution in [-0.4, -0.2) is 22.3 Å². The first-order valence-corrected chi connectivity index (χ1v) is 10.8. The maximum atomic E-state index is 13.1. The predicted molar refractivity (Wildman–Crippen MR) is 107 cm³/mol. The molecule has 3 aliphatic rings. The zero-order valence-corrected chi connectivity index (χ0v) is 16.6. The Balaban J connectivity index is 1.22. The van der Waals surface area contributed by atoms with Crippen molar-refractivity contribution in [2.45, 2.75) is 63.8 Å². The topological polar surface area (TPSA) is 53.4 Å². The van der Waals surface area contributed by atoms with Gasteiger partial charge in [-0.15, -0.1) is 0 Å². The molecule has 0 N–H and O–H groups in total. The molecule has 0 radical (unpaired) electrons. The number of benzene rings is 1. The number of ether oxygens (including phenoxy) is 2. The predicted octanol–water partition coefficient (Wildman–Crippen LogP) is 4.24. The summed E-state index contributed by atoms with van der Waals surface area (Å²) in [4.78, 5) is 15.3. The second-order valence-corrected chi connectivity index (χ2v) is 8.64. The minimum atomic E-state index is -0.716. The van der Waals surface area contributed by atoms with E-state index >= 15 is 0 Å². The molecule has 2 saturated carbocycles. The lowest BCUT2D eigenvalue weighted by molar-refractivity contribution is 0.143. The van der Waals surface area contributed by atoms with E-state index in [1.807, 2.05) is 0 Å². The summed E-state index contributed by atoms with van der Waals surface area (Å²) < 4.78 is 26.4. The number of halogens is 1. The van der Waals surface area contributed by atoms with E-state index < -0.39 is 12.2 Å². The maximum Gasteiger partial charge on any atom is 0.300 e. The Kier molecular flexibility index (Phi) is 5.02. The number of rotatable bonds is 5. The van der Waals surface area contributed by atoms with Crippen LogP contribution in [0.15, 0.2) is 35.1 Å². The number of fused-ring (bicyclic) bond motifs is 3. The Morgan fingerprint density at radius 2 is 1.79 bits per heavy atom. The average Bonchev–Trinajstić information content (AvgIpc) is 3.14. The first-order valence-electron chi connectivity index (χ1n) is 10.8. The minimum Gasteiger partial charge on any atom is -0.490 e. The summed E-state index contributed by atoms with van der Waals surface area (Å²) in [6.07, 6.45) is 7.98. The maximum absolute atomic E-state index is 13.1. The molecular formula is C23H27FN2O3. The number of nitrogens with zero attached hydrogens (tertiary/aromatic N) is 2. The van der Waals surface area contributed by atoms with Gasteiger partial charge in [0.25, 0.3) is 5.56 Å². The standard InChI is InChI=1S/C23H27FN2O3/c24-12-18-11-21(27)25-23-26(18)13-20(29-23)14-28-19-9-7-17(8-10-19)22-15-3-1-4-16(22)6-2-5-15/h7-11,15-16,20,22H,1-6,12-14H2/t15?,16?,20-,22?/m0/s1. The number of alkyl halides is 1. The highest BCUT2D eigenvalue weighted by molar-refractivity contribution is 5.31. The van der Waals surface area contributed by atoms with Crippen molar-refractivity contribution in [2.24, 2.45) is 11.8 Å². The summed E-state index contributed by atoms with van der Waals surface area (Å²) in [6.45, 7) is 0.0506. The molecule has 0 saturated heterocycles. The molecule has 154 valence electrons. The summed E-state index contributed by atoms with van der Waals surface area (Å²) in [5.74, 6) is 3.21. The Hall–Kier alpha value is -2.37. The van der Waals surface area contributed by atoms with Gasteiger partial charge in [0.2, 0.25) is 0 Å². The van der Waals surface area contributed by atoms with Crippen molar-refractivity contribution in [3.8, 4) is 11.8 Å². The lowest BCUT2D eigenvalue weighted by Crippen LogP contribution is -2.30. The third-order valence-corrected chi connectivity index (χ3v) is 6.89. The number of hydrogen-bond donors (Lipinski definition) is 0. The molecule has 29 heavy (non-hydrogen) atoms. The first-order chi connectivity index (χ1) is 14.2. The van der Waals surface area contributed by atoms with Crippen LogP contribution in [0, 0.1) is 11.8 Å². The van der Waals surface area contributed by atoms with Gasteiger partial charge < -0.3 is 9.47 Å². The molecule has 2 heterocycles. The van der Waals surface area contributed by atoms with E-state index in [0.717, 1.165) is 17.6 Å². The summed E-state index contributed by atoms with van der Waals surface area (Å²) >= 11 is 0. The van der Waals surface area contributed by atoms with Crippen LogP contribution < -0.4 is 15.0 Å². The number of hydrogen-bond acceptors (Lipinski definition) is 4. The largest absolute Gasteiger partial charge is 0.490 e. The van der Waals surface area contributed by atoms with Crippen molar-refractivity contribution in [1.82, 2.24) is 9.55 Å². The molecule has 1 aliphatic heterocycles. The van der Waals surface area contributed by atoms with E-state index in [-0.39, 0.29) is 12.1 Å². The Labute approximate surface area is 169 Å². The van der Waals surface area contributed by atoms with Gasteiger partial charge in [-0.1, -0.05) is 25.0 Å². The van der Waals surface area contributed by atoms with Gasteiger partial charge in [0.15, 0.2) is 6.10 Å². The molecule has 2 aromatic rings. The smallest absolute Gasteiger partial charge is 0.300 e. The van der Waals surface area contributed by atoms with E-state index in [1.54, 1.807) is 4.57 Å². The molecule has 1 aromatic carbocycles. The Morgan fingerprint density at radius 3 is 2.45 bits per heavy atom. The van der Waals surface area contributed by atoms with Gasteiger partial charge in [-0.25, -0.2) is 4.39 Å². The third kappa shape index (κ3) is 3.65. The van der Waals surface area contributed by atoms with Crippen LogP contribution in [0.3, 0.4) is 0 Å². The van der Waals surface area contributed by atoms with Crippen molar-refractivity contribution in [1.29, 1.82) is 0 Å². The fourth-order valence-corrected chi connectivity index (χ4v) is 5.60. The van der Waals surface area contributed by atoms with E-state index in [9.17, 15) is 9.18 Å². The van der Waals surface area contributed by atoms with Crippen LogP contribution in [-0.2, 0) is 13.2 Å². The van der Waals surface area contributed by atoms with Gasteiger partial charge in [-0.05, 0) is 61.1 Å². The molecular weight excluding hydrogens is 371 g/mol. The van der Waals surface area contributed by atoms with E-state index in [4.69, 9.17) is 9.47 Å². The van der Waals surface area contributed by atoms with Gasteiger partial charge in [0.05, 0.1) is 12.2 Å². The molecule has 5 rings (SSSR count). The molecule has 2 bridgehead atoms. The van der Waals surface area contributed by atoms with Gasteiger partial charge in [-0.2, -0.15) is 4.98 Å². The average molecular weight is 398 g/mol. The van der Waals surface area contributed by atoms with Crippen LogP contribution in [0.4, 0.5) is 4.39 Å². The van der Waals surface area contributed by atoms with E-state index in [1.165, 1.54) is 50.2 Å². The van der Waals surface area contributed by atoms with Crippen molar-refractivity contribution >= 4 is 0 Å². The van der Waals surface area contributed by atoms with Crippen LogP contribution >= 0.6 is 0 Å². The molecule has 0 spiro atoms. The van der Waals surface area contributed by atoms with Crippen LogP contribution in [0.1, 0.15) is 55.7 Å². The third-order valence-electron chi connectivity index (χ3n) is 6.89. The highest BCUT2D eigenvalue weighted by Gasteiger charge is 2.37. The monoisotopic (exact) mass is 398 g/mol. The van der Waals surface area contributed by atoms with Crippen LogP contribution in [0.2, 0.25) is 0 Å². The van der Waals surface area contributed by atoms with Crippen molar-refractivity contribution < 1.29 is 13.9 Å². The highest BCUT2D eigenvalue weighted by atomic mass is 19.1. The lowest BCUT2D eigenvalue weighted by atomic mass is 9.62. The Bertz CT molecular complexity index is 905. The van der Waals surface area contributed by atoms with Crippen LogP contribution in [0.5, 0.6) is 11.8 Å².